The molecule has 9 nitrogen and oxygen atoms in total. The Labute approximate surface area is 189 Å². The fourth-order valence-electron chi connectivity index (χ4n) is 3.48. The van der Waals surface area contributed by atoms with Crippen LogP contribution in [0.1, 0.15) is 5.56 Å². The highest BCUT2D eigenvalue weighted by atomic mass is 32.2. The van der Waals surface area contributed by atoms with Gasteiger partial charge in [0, 0.05) is 46.0 Å². The van der Waals surface area contributed by atoms with Crippen LogP contribution in [0.4, 0.5) is 11.4 Å². The van der Waals surface area contributed by atoms with E-state index < -0.39 is 31.7 Å². The molecule has 2 aromatic carbocycles. The summed E-state index contributed by atoms with van der Waals surface area (Å²) >= 11 is 0. The van der Waals surface area contributed by atoms with Crippen LogP contribution in [-0.2, 0) is 24.8 Å². The van der Waals surface area contributed by atoms with Crippen molar-refractivity contribution in [1.29, 1.82) is 0 Å². The van der Waals surface area contributed by atoms with E-state index >= 15 is 0 Å². The summed E-state index contributed by atoms with van der Waals surface area (Å²) in [4.78, 5) is 14.5. The van der Waals surface area contributed by atoms with E-state index in [0.29, 0.717) is 13.1 Å². The van der Waals surface area contributed by atoms with Gasteiger partial charge in [0.2, 0.25) is 26.0 Å². The molecule has 0 bridgehead atoms. The summed E-state index contributed by atoms with van der Waals surface area (Å²) in [6, 6.07) is 13.9. The molecule has 11 heteroatoms. The molecule has 0 radical (unpaired) electrons. The number of carbonyl (C=O) groups is 1. The molecule has 1 N–H and O–H groups in total. The molecule has 0 atom stereocenters. The lowest BCUT2D eigenvalue weighted by atomic mass is 10.2. The third-order valence-corrected chi connectivity index (χ3v) is 8.88. The number of hydrogen-bond donors (Lipinski definition) is 1. The summed E-state index contributed by atoms with van der Waals surface area (Å²) in [6.45, 7) is 3.59. The Hall–Kier alpha value is -2.47. The molecule has 32 heavy (non-hydrogen) atoms. The molecule has 1 aliphatic rings. The van der Waals surface area contributed by atoms with Crippen LogP contribution in [0.25, 0.3) is 0 Å². The van der Waals surface area contributed by atoms with Gasteiger partial charge >= 0.3 is 0 Å². The smallest absolute Gasteiger partial charge is 0.244 e. The number of piperazine rings is 1. The quantitative estimate of drug-likeness (QED) is 0.641. The predicted molar refractivity (Wildman–Crippen MR) is 125 cm³/mol. The molecule has 0 unspecified atom stereocenters. The number of para-hydroxylation sites is 1. The number of hydrogen-bond acceptors (Lipinski definition) is 6. The molecule has 0 spiro atoms. The van der Waals surface area contributed by atoms with E-state index in [-0.39, 0.29) is 23.7 Å². The standard InChI is InChI=1S/C21H28N4O5S2/c1-17-7-6-8-18(15-17)24-11-13-25(14-12-24)31(27,28)16-21(26)22-19-9-4-5-10-20(19)32(29,30)23(2)3/h4-10,15H,11-14,16H2,1-3H3,(H,22,26). The number of nitrogens with zero attached hydrogens (tertiary/aromatic N) is 3. The zero-order chi connectivity index (χ0) is 23.5. The van der Waals surface area contributed by atoms with E-state index in [4.69, 9.17) is 0 Å². The largest absolute Gasteiger partial charge is 0.369 e. The lowest BCUT2D eigenvalue weighted by molar-refractivity contribution is -0.113. The normalized spacial score (nSPS) is 15.7. The number of carbonyl (C=O) groups excluding carboxylic acids is 1. The van der Waals surface area contributed by atoms with Crippen LogP contribution in [0, 0.1) is 6.92 Å². The van der Waals surface area contributed by atoms with Gasteiger partial charge in [-0.05, 0) is 36.8 Å². The van der Waals surface area contributed by atoms with Crippen LogP contribution in [-0.4, -0.2) is 77.4 Å². The third-order valence-electron chi connectivity index (χ3n) is 5.23. The minimum atomic E-state index is -3.85. The van der Waals surface area contributed by atoms with E-state index in [1.807, 2.05) is 25.1 Å². The molecule has 3 rings (SSSR count). The molecule has 1 amide bonds. The molecule has 1 heterocycles. The second kappa shape index (κ2) is 9.57. The van der Waals surface area contributed by atoms with Gasteiger partial charge in [-0.3, -0.25) is 4.79 Å². The summed E-state index contributed by atoms with van der Waals surface area (Å²) in [7, 11) is -4.88. The van der Waals surface area contributed by atoms with Gasteiger partial charge in [0.25, 0.3) is 0 Å². The van der Waals surface area contributed by atoms with Gasteiger partial charge in [-0.25, -0.2) is 21.1 Å². The Bertz CT molecular complexity index is 1190. The Kier molecular flexibility index (Phi) is 7.23. The molecule has 2 aromatic rings. The van der Waals surface area contributed by atoms with Crippen LogP contribution in [0.3, 0.4) is 0 Å². The monoisotopic (exact) mass is 480 g/mol. The molecule has 0 aromatic heterocycles. The van der Waals surface area contributed by atoms with Crippen LogP contribution in [0.5, 0.6) is 0 Å². The number of benzene rings is 2. The highest BCUT2D eigenvalue weighted by Gasteiger charge is 2.30. The number of anilines is 2. The molecule has 1 fully saturated rings. The first-order valence-corrected chi connectivity index (χ1v) is 13.2. The lowest BCUT2D eigenvalue weighted by Crippen LogP contribution is -2.50. The summed E-state index contributed by atoms with van der Waals surface area (Å²) in [5, 5.41) is 2.45. The lowest BCUT2D eigenvalue weighted by Gasteiger charge is -2.35. The van der Waals surface area contributed by atoms with Crippen molar-refractivity contribution in [2.75, 3.05) is 56.2 Å². The number of amides is 1. The minimum Gasteiger partial charge on any atom is -0.369 e. The van der Waals surface area contributed by atoms with Crippen molar-refractivity contribution in [1.82, 2.24) is 8.61 Å². The van der Waals surface area contributed by atoms with Gasteiger partial charge < -0.3 is 10.2 Å². The number of rotatable bonds is 7. The van der Waals surface area contributed by atoms with Crippen LogP contribution in [0.2, 0.25) is 0 Å². The Morgan fingerprint density at radius 2 is 1.62 bits per heavy atom. The summed E-state index contributed by atoms with van der Waals surface area (Å²) in [6.07, 6.45) is 0. The van der Waals surface area contributed by atoms with Crippen LogP contribution < -0.4 is 10.2 Å². The first kappa shape index (κ1) is 24.2. The van der Waals surface area contributed by atoms with Crippen molar-refractivity contribution in [3.05, 3.63) is 54.1 Å². The van der Waals surface area contributed by atoms with Crippen molar-refractivity contribution in [3.63, 3.8) is 0 Å². The van der Waals surface area contributed by atoms with Gasteiger partial charge in [-0.1, -0.05) is 24.3 Å². The fraction of sp³-hybridized carbons (Fsp3) is 0.381. The Morgan fingerprint density at radius 3 is 2.25 bits per heavy atom. The highest BCUT2D eigenvalue weighted by Crippen LogP contribution is 2.23. The van der Waals surface area contributed by atoms with Gasteiger partial charge in [0.15, 0.2) is 0 Å². The summed E-state index contributed by atoms with van der Waals surface area (Å²) in [5.74, 6) is -1.54. The summed E-state index contributed by atoms with van der Waals surface area (Å²) in [5.41, 5.74) is 2.22. The molecule has 0 aliphatic carbocycles. The maximum atomic E-state index is 12.8. The molecular formula is C21H28N4O5S2. The average Bonchev–Trinajstić information content (AvgIpc) is 2.73. The van der Waals surface area contributed by atoms with Crippen molar-refractivity contribution in [3.8, 4) is 0 Å². The van der Waals surface area contributed by atoms with E-state index in [2.05, 4.69) is 16.3 Å². The topological polar surface area (TPSA) is 107 Å². The van der Waals surface area contributed by atoms with Gasteiger partial charge in [0.1, 0.15) is 10.6 Å². The predicted octanol–water partition coefficient (Wildman–Crippen LogP) is 1.34. The molecule has 1 aliphatic heterocycles. The van der Waals surface area contributed by atoms with Crippen LogP contribution >= 0.6 is 0 Å². The first-order chi connectivity index (χ1) is 15.0. The molecule has 174 valence electrons. The maximum absolute atomic E-state index is 12.8. The zero-order valence-corrected chi connectivity index (χ0v) is 20.0. The maximum Gasteiger partial charge on any atom is 0.244 e. The molecule has 1 saturated heterocycles. The Balaban J connectivity index is 1.65. The second-order valence-corrected chi connectivity index (χ2v) is 11.9. The van der Waals surface area contributed by atoms with E-state index in [9.17, 15) is 21.6 Å². The van der Waals surface area contributed by atoms with Gasteiger partial charge in [-0.15, -0.1) is 0 Å². The van der Waals surface area contributed by atoms with E-state index in [1.165, 1.54) is 36.6 Å². The van der Waals surface area contributed by atoms with Crippen LogP contribution in [0.15, 0.2) is 53.4 Å². The van der Waals surface area contributed by atoms with Gasteiger partial charge in [-0.2, -0.15) is 4.31 Å². The highest BCUT2D eigenvalue weighted by molar-refractivity contribution is 7.90. The van der Waals surface area contributed by atoms with E-state index in [0.717, 1.165) is 15.6 Å². The SMILES string of the molecule is Cc1cccc(N2CCN(S(=O)(=O)CC(=O)Nc3ccccc3S(=O)(=O)N(C)C)CC2)c1. The van der Waals surface area contributed by atoms with Crippen molar-refractivity contribution >= 4 is 37.3 Å². The zero-order valence-electron chi connectivity index (χ0n) is 18.4. The number of sulfonamides is 2. The average molecular weight is 481 g/mol. The van der Waals surface area contributed by atoms with Gasteiger partial charge in [0.05, 0.1) is 5.69 Å². The number of aryl methyl sites for hydroxylation is 1. The summed E-state index contributed by atoms with van der Waals surface area (Å²) < 4.78 is 52.9. The van der Waals surface area contributed by atoms with E-state index in [1.54, 1.807) is 6.07 Å². The first-order valence-electron chi connectivity index (χ1n) is 10.1. The van der Waals surface area contributed by atoms with Crippen molar-refractivity contribution < 1.29 is 21.6 Å². The van der Waals surface area contributed by atoms with Crippen molar-refractivity contribution in [2.45, 2.75) is 11.8 Å². The molecule has 0 saturated carbocycles. The number of nitrogens with one attached hydrogen (secondary N) is 1. The minimum absolute atomic E-state index is 0.0469. The molecular weight excluding hydrogens is 452 g/mol. The second-order valence-electron chi connectivity index (χ2n) is 7.81. The van der Waals surface area contributed by atoms with Crippen molar-refractivity contribution in [2.24, 2.45) is 0 Å². The third kappa shape index (κ3) is 5.47. The Morgan fingerprint density at radius 1 is 0.969 bits per heavy atom. The fourth-order valence-corrected chi connectivity index (χ4v) is 5.83.